The minimum absolute atomic E-state index is 0. The third-order valence-corrected chi connectivity index (χ3v) is 3.56. The number of guanidine groups is 1. The molecule has 5 heteroatoms. The zero-order chi connectivity index (χ0) is 15.1. The standard InChI is InChI=1S/C17H24N4.HI/c1-18-17(19-12-11-15-8-5-4-6-9-15)21(3)14-16-10-7-13-20(16)2;/h4-10,13H,11-12,14H2,1-3H3,(H,18,19);1H. The van der Waals surface area contributed by atoms with Crippen LogP contribution >= 0.6 is 24.0 Å². The normalized spacial score (nSPS) is 11.0. The maximum Gasteiger partial charge on any atom is 0.193 e. The topological polar surface area (TPSA) is 32.6 Å². The summed E-state index contributed by atoms with van der Waals surface area (Å²) in [6, 6.07) is 14.7. The van der Waals surface area contributed by atoms with Crippen molar-refractivity contribution in [1.29, 1.82) is 0 Å². The molecule has 2 rings (SSSR count). The second-order valence-electron chi connectivity index (χ2n) is 5.18. The molecule has 0 radical (unpaired) electrons. The maximum absolute atomic E-state index is 4.35. The first kappa shape index (κ1) is 18.5. The Labute approximate surface area is 150 Å². The molecule has 2 aromatic rings. The van der Waals surface area contributed by atoms with E-state index in [0.717, 1.165) is 25.5 Å². The lowest BCUT2D eigenvalue weighted by Gasteiger charge is -2.22. The number of hydrogen-bond donors (Lipinski definition) is 1. The van der Waals surface area contributed by atoms with Gasteiger partial charge in [-0.3, -0.25) is 4.99 Å². The number of rotatable bonds is 5. The number of nitrogens with zero attached hydrogens (tertiary/aromatic N) is 3. The van der Waals surface area contributed by atoms with E-state index >= 15 is 0 Å². The van der Waals surface area contributed by atoms with Gasteiger partial charge in [0.2, 0.25) is 0 Å². The van der Waals surface area contributed by atoms with Gasteiger partial charge in [0, 0.05) is 39.6 Å². The Morgan fingerprint density at radius 2 is 1.91 bits per heavy atom. The molecule has 0 atom stereocenters. The van der Waals surface area contributed by atoms with Gasteiger partial charge in [0.15, 0.2) is 5.96 Å². The van der Waals surface area contributed by atoms with E-state index in [1.54, 1.807) is 0 Å². The summed E-state index contributed by atoms with van der Waals surface area (Å²) in [7, 11) is 5.95. The van der Waals surface area contributed by atoms with Crippen molar-refractivity contribution >= 4 is 29.9 Å². The van der Waals surface area contributed by atoms with Crippen LogP contribution < -0.4 is 5.32 Å². The number of aromatic nitrogens is 1. The minimum atomic E-state index is 0. The molecule has 0 unspecified atom stereocenters. The van der Waals surface area contributed by atoms with E-state index in [1.807, 2.05) is 13.1 Å². The molecule has 0 amide bonds. The Bertz CT molecular complexity index is 577. The van der Waals surface area contributed by atoms with Crippen LogP contribution in [0.3, 0.4) is 0 Å². The second kappa shape index (κ2) is 9.50. The first-order valence-electron chi connectivity index (χ1n) is 7.26. The molecule has 1 aromatic heterocycles. The Hall–Kier alpha value is -1.50. The van der Waals surface area contributed by atoms with E-state index in [4.69, 9.17) is 0 Å². The van der Waals surface area contributed by atoms with Gasteiger partial charge in [-0.2, -0.15) is 0 Å². The zero-order valence-corrected chi connectivity index (χ0v) is 15.8. The number of hydrogen-bond acceptors (Lipinski definition) is 1. The van der Waals surface area contributed by atoms with Crippen molar-refractivity contribution in [3.05, 3.63) is 59.9 Å². The molecule has 120 valence electrons. The van der Waals surface area contributed by atoms with Gasteiger partial charge in [0.05, 0.1) is 6.54 Å². The van der Waals surface area contributed by atoms with E-state index in [-0.39, 0.29) is 24.0 Å². The van der Waals surface area contributed by atoms with E-state index < -0.39 is 0 Å². The van der Waals surface area contributed by atoms with Crippen LogP contribution in [0.1, 0.15) is 11.3 Å². The highest BCUT2D eigenvalue weighted by Gasteiger charge is 2.07. The first-order valence-corrected chi connectivity index (χ1v) is 7.26. The molecule has 4 nitrogen and oxygen atoms in total. The Morgan fingerprint density at radius 3 is 2.50 bits per heavy atom. The van der Waals surface area contributed by atoms with Gasteiger partial charge < -0.3 is 14.8 Å². The predicted octanol–water partition coefficient (Wildman–Crippen LogP) is 2.89. The van der Waals surface area contributed by atoms with Gasteiger partial charge in [-0.25, -0.2) is 0 Å². The highest BCUT2D eigenvalue weighted by atomic mass is 127. The van der Waals surface area contributed by atoms with Crippen LogP contribution in [0.4, 0.5) is 0 Å². The SMILES string of the molecule is CN=C(NCCc1ccccc1)N(C)Cc1cccn1C.I. The molecule has 0 fully saturated rings. The van der Waals surface area contributed by atoms with Crippen molar-refractivity contribution in [3.63, 3.8) is 0 Å². The molecule has 0 saturated carbocycles. The summed E-state index contributed by atoms with van der Waals surface area (Å²) in [5.74, 6) is 0.923. The van der Waals surface area contributed by atoms with Gasteiger partial charge in [-0.05, 0) is 24.1 Å². The van der Waals surface area contributed by atoms with E-state index in [0.29, 0.717) is 0 Å². The fourth-order valence-electron chi connectivity index (χ4n) is 2.33. The number of aliphatic imine (C=N–C) groups is 1. The fraction of sp³-hybridized carbons (Fsp3) is 0.353. The molecule has 0 saturated heterocycles. The van der Waals surface area contributed by atoms with Gasteiger partial charge in [0.25, 0.3) is 0 Å². The third kappa shape index (κ3) is 5.36. The predicted molar refractivity (Wildman–Crippen MR) is 104 cm³/mol. The molecule has 22 heavy (non-hydrogen) atoms. The van der Waals surface area contributed by atoms with Crippen molar-refractivity contribution in [3.8, 4) is 0 Å². The van der Waals surface area contributed by atoms with Gasteiger partial charge in [-0.1, -0.05) is 30.3 Å². The molecule has 0 aliphatic carbocycles. The van der Waals surface area contributed by atoms with Crippen molar-refractivity contribution in [2.45, 2.75) is 13.0 Å². The van der Waals surface area contributed by atoms with Gasteiger partial charge in [-0.15, -0.1) is 24.0 Å². The lowest BCUT2D eigenvalue weighted by atomic mass is 10.1. The third-order valence-electron chi connectivity index (χ3n) is 3.56. The molecule has 0 aliphatic rings. The van der Waals surface area contributed by atoms with Crippen molar-refractivity contribution in [2.24, 2.45) is 12.0 Å². The molecular weight excluding hydrogens is 387 g/mol. The van der Waals surface area contributed by atoms with E-state index in [9.17, 15) is 0 Å². The van der Waals surface area contributed by atoms with Crippen LogP contribution in [0, 0.1) is 0 Å². The quantitative estimate of drug-likeness (QED) is 0.466. The highest BCUT2D eigenvalue weighted by molar-refractivity contribution is 14.0. The lowest BCUT2D eigenvalue weighted by Crippen LogP contribution is -2.39. The summed E-state index contributed by atoms with van der Waals surface area (Å²) in [6.07, 6.45) is 3.06. The van der Waals surface area contributed by atoms with E-state index in [1.165, 1.54) is 11.3 Å². The van der Waals surface area contributed by atoms with Crippen molar-refractivity contribution < 1.29 is 0 Å². The molecule has 0 bridgehead atoms. The first-order chi connectivity index (χ1) is 10.2. The summed E-state index contributed by atoms with van der Waals surface area (Å²) in [4.78, 5) is 6.49. The fourth-order valence-corrected chi connectivity index (χ4v) is 2.33. The maximum atomic E-state index is 4.35. The van der Waals surface area contributed by atoms with Crippen LogP contribution in [0.15, 0.2) is 53.7 Å². The lowest BCUT2D eigenvalue weighted by molar-refractivity contribution is 0.462. The van der Waals surface area contributed by atoms with Gasteiger partial charge in [0.1, 0.15) is 0 Å². The number of nitrogens with one attached hydrogen (secondary N) is 1. The summed E-state index contributed by atoms with van der Waals surface area (Å²) >= 11 is 0. The molecule has 1 N–H and O–H groups in total. The second-order valence-corrected chi connectivity index (χ2v) is 5.18. The molecular formula is C17H25IN4. The van der Waals surface area contributed by atoms with Crippen LogP contribution in [0.2, 0.25) is 0 Å². The largest absolute Gasteiger partial charge is 0.356 e. The summed E-state index contributed by atoms with van der Waals surface area (Å²) in [5, 5.41) is 3.42. The molecule has 1 aromatic carbocycles. The smallest absolute Gasteiger partial charge is 0.193 e. The van der Waals surface area contributed by atoms with Crippen LogP contribution in [-0.4, -0.2) is 36.1 Å². The zero-order valence-electron chi connectivity index (χ0n) is 13.5. The average molecular weight is 412 g/mol. The van der Waals surface area contributed by atoms with Crippen molar-refractivity contribution in [1.82, 2.24) is 14.8 Å². The Kier molecular flexibility index (Phi) is 8.01. The Balaban J connectivity index is 0.00000242. The monoisotopic (exact) mass is 412 g/mol. The summed E-state index contributed by atoms with van der Waals surface area (Å²) in [5.41, 5.74) is 2.61. The Morgan fingerprint density at radius 1 is 1.18 bits per heavy atom. The molecule has 0 spiro atoms. The summed E-state index contributed by atoms with van der Waals surface area (Å²) < 4.78 is 2.13. The number of benzene rings is 1. The average Bonchev–Trinajstić information content (AvgIpc) is 2.90. The van der Waals surface area contributed by atoms with Crippen LogP contribution in [0.25, 0.3) is 0 Å². The minimum Gasteiger partial charge on any atom is -0.356 e. The van der Waals surface area contributed by atoms with Crippen molar-refractivity contribution in [2.75, 3.05) is 20.6 Å². The number of halogens is 1. The van der Waals surface area contributed by atoms with Crippen LogP contribution in [0.5, 0.6) is 0 Å². The molecule has 1 heterocycles. The summed E-state index contributed by atoms with van der Waals surface area (Å²) in [6.45, 7) is 1.72. The van der Waals surface area contributed by atoms with Crippen LogP contribution in [-0.2, 0) is 20.0 Å². The molecule has 0 aliphatic heterocycles. The van der Waals surface area contributed by atoms with Gasteiger partial charge >= 0.3 is 0 Å². The highest BCUT2D eigenvalue weighted by Crippen LogP contribution is 2.04. The number of aryl methyl sites for hydroxylation is 1. The van der Waals surface area contributed by atoms with E-state index in [2.05, 4.69) is 76.5 Å².